The Bertz CT molecular complexity index is 1060. The Morgan fingerprint density at radius 3 is 2.72 bits per heavy atom. The molecule has 2 aromatic heterocycles. The molecule has 1 saturated heterocycles. The highest BCUT2D eigenvalue weighted by molar-refractivity contribution is 7.98. The molecule has 3 aromatic rings. The zero-order valence-electron chi connectivity index (χ0n) is 16.0. The van der Waals surface area contributed by atoms with Gasteiger partial charge in [-0.05, 0) is 36.1 Å². The lowest BCUT2D eigenvalue weighted by atomic mass is 10.2. The lowest BCUT2D eigenvalue weighted by Crippen LogP contribution is -2.40. The van der Waals surface area contributed by atoms with E-state index in [4.69, 9.17) is 4.74 Å². The van der Waals surface area contributed by atoms with Crippen LogP contribution in [0, 0.1) is 0 Å². The van der Waals surface area contributed by atoms with E-state index in [9.17, 15) is 8.42 Å². The Labute approximate surface area is 178 Å². The van der Waals surface area contributed by atoms with Gasteiger partial charge in [0.2, 0.25) is 10.0 Å². The molecule has 0 aliphatic carbocycles. The van der Waals surface area contributed by atoms with E-state index >= 15 is 0 Å². The summed E-state index contributed by atoms with van der Waals surface area (Å²) >= 11 is 3.20. The predicted octanol–water partition coefficient (Wildman–Crippen LogP) is 3.34. The van der Waals surface area contributed by atoms with Gasteiger partial charge in [-0.15, -0.1) is 21.5 Å². The number of hydrogen-bond acceptors (Lipinski definition) is 7. The standard InChI is InChI=1S/C19H22N4O3S3/c1-2-23-18(17-7-4-12-27-17)20-21-19(23)28-14-15-5-3-6-16(13-15)29(24,25)22-8-10-26-11-9-22/h3-7,12-13H,2,8-11,14H2,1H3. The monoisotopic (exact) mass is 450 g/mol. The summed E-state index contributed by atoms with van der Waals surface area (Å²) in [6.07, 6.45) is 0. The molecule has 0 saturated carbocycles. The number of morpholine rings is 1. The third-order valence-corrected chi connectivity index (χ3v) is 8.45. The number of aromatic nitrogens is 3. The van der Waals surface area contributed by atoms with Gasteiger partial charge in [0.15, 0.2) is 11.0 Å². The summed E-state index contributed by atoms with van der Waals surface area (Å²) in [6, 6.07) is 11.2. The van der Waals surface area contributed by atoms with E-state index in [0.717, 1.165) is 28.0 Å². The predicted molar refractivity (Wildman–Crippen MR) is 115 cm³/mol. The van der Waals surface area contributed by atoms with Crippen LogP contribution in [0.4, 0.5) is 0 Å². The number of benzene rings is 1. The first-order valence-corrected chi connectivity index (χ1v) is 12.7. The Morgan fingerprint density at radius 1 is 1.17 bits per heavy atom. The Balaban J connectivity index is 1.51. The molecule has 0 spiro atoms. The molecule has 10 heteroatoms. The smallest absolute Gasteiger partial charge is 0.243 e. The fourth-order valence-corrected chi connectivity index (χ4v) is 6.29. The number of sulfonamides is 1. The van der Waals surface area contributed by atoms with Crippen LogP contribution in [-0.2, 0) is 27.1 Å². The van der Waals surface area contributed by atoms with Gasteiger partial charge in [-0.3, -0.25) is 0 Å². The number of thioether (sulfide) groups is 1. The van der Waals surface area contributed by atoms with Gasteiger partial charge in [0.05, 0.1) is 23.0 Å². The topological polar surface area (TPSA) is 77.3 Å². The lowest BCUT2D eigenvalue weighted by Gasteiger charge is -2.26. The van der Waals surface area contributed by atoms with Crippen molar-refractivity contribution in [1.82, 2.24) is 19.1 Å². The second-order valence-electron chi connectivity index (χ2n) is 6.48. The van der Waals surface area contributed by atoms with Gasteiger partial charge in [-0.2, -0.15) is 4.31 Å². The van der Waals surface area contributed by atoms with Crippen molar-refractivity contribution in [2.24, 2.45) is 0 Å². The van der Waals surface area contributed by atoms with Crippen molar-refractivity contribution in [2.75, 3.05) is 26.3 Å². The molecular formula is C19H22N4O3S3. The van der Waals surface area contributed by atoms with E-state index in [1.54, 1.807) is 41.3 Å². The van der Waals surface area contributed by atoms with Gasteiger partial charge in [0.1, 0.15) is 0 Å². The van der Waals surface area contributed by atoms with E-state index in [-0.39, 0.29) is 0 Å². The lowest BCUT2D eigenvalue weighted by molar-refractivity contribution is 0.0730. The highest BCUT2D eigenvalue weighted by Gasteiger charge is 2.26. The van der Waals surface area contributed by atoms with Crippen molar-refractivity contribution in [3.8, 4) is 10.7 Å². The Hall–Kier alpha value is -1.72. The molecule has 0 radical (unpaired) electrons. The molecule has 0 atom stereocenters. The van der Waals surface area contributed by atoms with Crippen LogP contribution in [0.1, 0.15) is 12.5 Å². The first kappa shape index (κ1) is 20.5. The average Bonchev–Trinajstić information content (AvgIpc) is 3.42. The van der Waals surface area contributed by atoms with Gasteiger partial charge >= 0.3 is 0 Å². The molecule has 0 N–H and O–H groups in total. The van der Waals surface area contributed by atoms with Crippen molar-refractivity contribution in [3.63, 3.8) is 0 Å². The summed E-state index contributed by atoms with van der Waals surface area (Å²) in [7, 11) is -3.49. The van der Waals surface area contributed by atoms with Crippen LogP contribution in [0.3, 0.4) is 0 Å². The van der Waals surface area contributed by atoms with Crippen LogP contribution in [0.5, 0.6) is 0 Å². The molecule has 0 bridgehead atoms. The highest BCUT2D eigenvalue weighted by Crippen LogP contribution is 2.29. The highest BCUT2D eigenvalue weighted by atomic mass is 32.2. The molecule has 29 heavy (non-hydrogen) atoms. The van der Waals surface area contributed by atoms with Crippen molar-refractivity contribution >= 4 is 33.1 Å². The van der Waals surface area contributed by atoms with Crippen molar-refractivity contribution < 1.29 is 13.2 Å². The largest absolute Gasteiger partial charge is 0.379 e. The van der Waals surface area contributed by atoms with Crippen LogP contribution in [0.15, 0.2) is 51.8 Å². The normalized spacial score (nSPS) is 15.6. The van der Waals surface area contributed by atoms with Crippen LogP contribution in [0.2, 0.25) is 0 Å². The van der Waals surface area contributed by atoms with Gasteiger partial charge in [-0.25, -0.2) is 8.42 Å². The number of hydrogen-bond donors (Lipinski definition) is 0. The SMILES string of the molecule is CCn1c(SCc2cccc(S(=O)(=O)N3CCOCC3)c2)nnc1-c1cccs1. The maximum absolute atomic E-state index is 12.9. The molecule has 154 valence electrons. The van der Waals surface area contributed by atoms with E-state index in [1.165, 1.54) is 4.31 Å². The minimum Gasteiger partial charge on any atom is -0.379 e. The summed E-state index contributed by atoms with van der Waals surface area (Å²) in [5.41, 5.74) is 0.938. The Morgan fingerprint density at radius 2 is 2.00 bits per heavy atom. The van der Waals surface area contributed by atoms with E-state index in [2.05, 4.69) is 21.7 Å². The quantitative estimate of drug-likeness (QED) is 0.514. The molecule has 0 unspecified atom stereocenters. The summed E-state index contributed by atoms with van der Waals surface area (Å²) in [5, 5.41) is 11.5. The minimum absolute atomic E-state index is 0.328. The maximum Gasteiger partial charge on any atom is 0.243 e. The van der Waals surface area contributed by atoms with Gasteiger partial charge in [0, 0.05) is 25.4 Å². The van der Waals surface area contributed by atoms with Gasteiger partial charge in [0.25, 0.3) is 0 Å². The van der Waals surface area contributed by atoms with E-state index in [0.29, 0.717) is 37.0 Å². The van der Waals surface area contributed by atoms with Crippen LogP contribution in [0.25, 0.3) is 10.7 Å². The average molecular weight is 451 g/mol. The molecule has 3 heterocycles. The van der Waals surface area contributed by atoms with Gasteiger partial charge in [-0.1, -0.05) is 30.0 Å². The van der Waals surface area contributed by atoms with Crippen LogP contribution in [-0.4, -0.2) is 53.8 Å². The number of rotatable bonds is 7. The fourth-order valence-electron chi connectivity index (χ4n) is 3.15. The molecule has 1 aliphatic rings. The number of ether oxygens (including phenoxy) is 1. The van der Waals surface area contributed by atoms with E-state index in [1.807, 2.05) is 23.6 Å². The molecule has 1 aliphatic heterocycles. The maximum atomic E-state index is 12.9. The minimum atomic E-state index is -3.49. The third kappa shape index (κ3) is 4.41. The molecule has 1 aromatic carbocycles. The van der Waals surface area contributed by atoms with E-state index < -0.39 is 10.0 Å². The number of nitrogens with zero attached hydrogens (tertiary/aromatic N) is 4. The molecule has 0 amide bonds. The zero-order valence-corrected chi connectivity index (χ0v) is 18.5. The zero-order chi connectivity index (χ0) is 20.3. The Kier molecular flexibility index (Phi) is 6.35. The summed E-state index contributed by atoms with van der Waals surface area (Å²) in [5.74, 6) is 1.49. The molecule has 4 rings (SSSR count). The van der Waals surface area contributed by atoms with Crippen LogP contribution >= 0.6 is 23.1 Å². The fraction of sp³-hybridized carbons (Fsp3) is 0.368. The summed E-state index contributed by atoms with van der Waals surface area (Å²) < 4.78 is 34.6. The first-order valence-electron chi connectivity index (χ1n) is 9.36. The number of thiophene rings is 1. The summed E-state index contributed by atoms with van der Waals surface area (Å²) in [6.45, 7) is 4.51. The summed E-state index contributed by atoms with van der Waals surface area (Å²) in [4.78, 5) is 1.42. The molecule has 7 nitrogen and oxygen atoms in total. The first-order chi connectivity index (χ1) is 14.1. The second kappa shape index (κ2) is 8.97. The molecule has 1 fully saturated rings. The van der Waals surface area contributed by atoms with Crippen molar-refractivity contribution in [1.29, 1.82) is 0 Å². The van der Waals surface area contributed by atoms with Crippen molar-refractivity contribution in [3.05, 3.63) is 47.3 Å². The van der Waals surface area contributed by atoms with Gasteiger partial charge < -0.3 is 9.30 Å². The third-order valence-electron chi connectivity index (χ3n) is 4.65. The van der Waals surface area contributed by atoms with Crippen molar-refractivity contribution in [2.45, 2.75) is 29.3 Å². The van der Waals surface area contributed by atoms with Crippen LogP contribution < -0.4 is 0 Å². The second-order valence-corrected chi connectivity index (χ2v) is 10.3. The molecular weight excluding hydrogens is 428 g/mol.